The monoisotopic (exact) mass is 286 g/mol. The summed E-state index contributed by atoms with van der Waals surface area (Å²) in [5.74, 6) is -16.6. The lowest BCUT2D eigenvalue weighted by Gasteiger charge is -2.09. The van der Waals surface area contributed by atoms with Crippen LogP contribution in [0.15, 0.2) is 0 Å². The molecule has 2 aromatic carbocycles. The Bertz CT molecular complexity index is 572. The van der Waals surface area contributed by atoms with Crippen molar-refractivity contribution in [3.05, 3.63) is 34.9 Å². The first-order valence-electron chi connectivity index (χ1n) is 4.33. The maximum absolute atomic E-state index is 13.2. The van der Waals surface area contributed by atoms with Crippen LogP contribution in [-0.4, -0.2) is 15.7 Å². The van der Waals surface area contributed by atoms with Crippen molar-refractivity contribution in [3.63, 3.8) is 0 Å². The zero-order valence-electron chi connectivity index (χ0n) is 8.66. The van der Waals surface area contributed by atoms with Crippen molar-refractivity contribution in [1.82, 2.24) is 0 Å². The van der Waals surface area contributed by atoms with E-state index in [1.54, 1.807) is 0 Å². The van der Waals surface area contributed by atoms with Gasteiger partial charge in [-0.25, -0.2) is 22.0 Å². The molecule has 0 heterocycles. The quantitative estimate of drug-likeness (QED) is 0.337. The lowest BCUT2D eigenvalue weighted by molar-refractivity contribution is 0.364. The highest BCUT2D eigenvalue weighted by Gasteiger charge is 2.29. The Balaban J connectivity index is 0.00000180. The molecule has 2 aromatic rings. The molecule has 0 radical (unpaired) electrons. The third kappa shape index (κ3) is 1.73. The van der Waals surface area contributed by atoms with Crippen molar-refractivity contribution >= 4 is 10.8 Å². The van der Waals surface area contributed by atoms with Crippen LogP contribution in [0.4, 0.5) is 26.3 Å². The van der Waals surface area contributed by atoms with Gasteiger partial charge in [0.05, 0.1) is 10.8 Å². The predicted octanol–water partition coefficient (Wildman–Crippen LogP) is 2.26. The van der Waals surface area contributed by atoms with Gasteiger partial charge in [0.2, 0.25) is 5.82 Å². The maximum Gasteiger partial charge on any atom is 0.205 e. The molecule has 19 heavy (non-hydrogen) atoms. The van der Waals surface area contributed by atoms with Gasteiger partial charge in [-0.3, -0.25) is 0 Å². The van der Waals surface area contributed by atoms with E-state index in [1.165, 1.54) is 0 Å². The highest BCUT2D eigenvalue weighted by atomic mass is 19.2. The van der Waals surface area contributed by atoms with Crippen molar-refractivity contribution in [3.8, 4) is 11.5 Å². The van der Waals surface area contributed by atoms with E-state index >= 15 is 0 Å². The fourth-order valence-electron chi connectivity index (χ4n) is 1.50. The predicted molar refractivity (Wildman–Crippen MR) is 50.6 cm³/mol. The largest absolute Gasteiger partial charge is 0.504 e. The Morgan fingerprint density at radius 2 is 0.842 bits per heavy atom. The smallest absolute Gasteiger partial charge is 0.205 e. The van der Waals surface area contributed by atoms with E-state index in [0.717, 1.165) is 0 Å². The highest BCUT2D eigenvalue weighted by Crippen LogP contribution is 2.42. The molecule has 9 heteroatoms. The molecular weight excluding hydrogens is 282 g/mol. The molecule has 0 amide bonds. The third-order valence-electron chi connectivity index (χ3n) is 2.35. The molecule has 0 saturated heterocycles. The van der Waals surface area contributed by atoms with Gasteiger partial charge in [0, 0.05) is 0 Å². The lowest BCUT2D eigenvalue weighted by atomic mass is 10.1. The van der Waals surface area contributed by atoms with Gasteiger partial charge in [0.15, 0.2) is 40.6 Å². The van der Waals surface area contributed by atoms with Crippen LogP contribution in [0.25, 0.3) is 10.8 Å². The van der Waals surface area contributed by atoms with E-state index in [9.17, 15) is 26.3 Å². The number of rotatable bonds is 0. The van der Waals surface area contributed by atoms with Crippen LogP contribution in [0.2, 0.25) is 0 Å². The summed E-state index contributed by atoms with van der Waals surface area (Å²) >= 11 is 0. The summed E-state index contributed by atoms with van der Waals surface area (Å²) in [5.41, 5.74) is 0. The second-order valence-electron chi connectivity index (χ2n) is 3.33. The van der Waals surface area contributed by atoms with Crippen molar-refractivity contribution in [2.45, 2.75) is 0 Å². The summed E-state index contributed by atoms with van der Waals surface area (Å²) < 4.78 is 78.4. The second kappa shape index (κ2) is 4.50. The van der Waals surface area contributed by atoms with Crippen molar-refractivity contribution in [2.24, 2.45) is 0 Å². The molecule has 0 aromatic heterocycles. The van der Waals surface area contributed by atoms with E-state index in [1.807, 2.05) is 0 Å². The average molecular weight is 286 g/mol. The van der Waals surface area contributed by atoms with Crippen LogP contribution >= 0.6 is 0 Å². The first-order valence-corrected chi connectivity index (χ1v) is 4.33. The number of phenols is 2. The SMILES string of the molecule is O.Oc1c(F)c(F)c2c(F)c(F)c(F)c(F)c2c1O. The Kier molecular flexibility index (Phi) is 3.53. The Morgan fingerprint density at radius 1 is 0.474 bits per heavy atom. The molecule has 0 aliphatic heterocycles. The van der Waals surface area contributed by atoms with Crippen LogP contribution in [0.5, 0.6) is 11.5 Å². The fourth-order valence-corrected chi connectivity index (χ4v) is 1.50. The van der Waals surface area contributed by atoms with Gasteiger partial charge < -0.3 is 15.7 Å². The van der Waals surface area contributed by atoms with Crippen molar-refractivity contribution < 1.29 is 42.0 Å². The van der Waals surface area contributed by atoms with Gasteiger partial charge in [-0.2, -0.15) is 4.39 Å². The highest BCUT2D eigenvalue weighted by molar-refractivity contribution is 5.92. The van der Waals surface area contributed by atoms with Gasteiger partial charge in [-0.05, 0) is 0 Å². The zero-order valence-corrected chi connectivity index (χ0v) is 8.66. The summed E-state index contributed by atoms with van der Waals surface area (Å²) in [4.78, 5) is 0. The standard InChI is InChI=1S/C10H2F6O2.H2O/c11-3-1-2(5(13)7(15)6(3)14)9(17)10(18)8(16)4(1)12;/h17-18H;1H2. The Labute approximate surface area is 100 Å². The molecule has 0 atom stereocenters. The molecule has 0 unspecified atom stereocenters. The molecule has 0 bridgehead atoms. The minimum atomic E-state index is -2.36. The zero-order chi connectivity index (χ0) is 13.8. The summed E-state index contributed by atoms with van der Waals surface area (Å²) in [6.45, 7) is 0. The van der Waals surface area contributed by atoms with Crippen LogP contribution in [-0.2, 0) is 0 Å². The molecule has 3 nitrogen and oxygen atoms in total. The van der Waals surface area contributed by atoms with Gasteiger partial charge >= 0.3 is 0 Å². The molecule has 0 spiro atoms. The van der Waals surface area contributed by atoms with E-state index in [2.05, 4.69) is 0 Å². The Hall–Kier alpha value is -2.16. The average Bonchev–Trinajstić information content (AvgIpc) is 2.35. The molecular formula is C10H4F6O3. The van der Waals surface area contributed by atoms with E-state index in [-0.39, 0.29) is 5.48 Å². The minimum Gasteiger partial charge on any atom is -0.504 e. The fraction of sp³-hybridized carbons (Fsp3) is 0. The number of benzene rings is 2. The number of aromatic hydroxyl groups is 2. The normalized spacial score (nSPS) is 10.6. The number of hydrogen-bond acceptors (Lipinski definition) is 2. The Morgan fingerprint density at radius 3 is 1.32 bits per heavy atom. The topological polar surface area (TPSA) is 72.0 Å². The van der Waals surface area contributed by atoms with Gasteiger partial charge in [0.25, 0.3) is 0 Å². The van der Waals surface area contributed by atoms with Gasteiger partial charge in [-0.15, -0.1) is 0 Å². The first-order chi connectivity index (χ1) is 8.29. The van der Waals surface area contributed by atoms with Crippen LogP contribution in [0.1, 0.15) is 0 Å². The summed E-state index contributed by atoms with van der Waals surface area (Å²) in [6.07, 6.45) is 0. The summed E-state index contributed by atoms with van der Waals surface area (Å²) in [7, 11) is 0. The number of fused-ring (bicyclic) bond motifs is 1. The van der Waals surface area contributed by atoms with E-state index in [0.29, 0.717) is 0 Å². The molecule has 0 saturated carbocycles. The molecule has 104 valence electrons. The molecule has 0 aliphatic carbocycles. The van der Waals surface area contributed by atoms with E-state index < -0.39 is 57.2 Å². The lowest BCUT2D eigenvalue weighted by Crippen LogP contribution is -2.02. The van der Waals surface area contributed by atoms with Gasteiger partial charge in [-0.1, -0.05) is 0 Å². The van der Waals surface area contributed by atoms with E-state index in [4.69, 9.17) is 10.2 Å². The van der Waals surface area contributed by atoms with Gasteiger partial charge in [0.1, 0.15) is 0 Å². The third-order valence-corrected chi connectivity index (χ3v) is 2.35. The van der Waals surface area contributed by atoms with Crippen molar-refractivity contribution in [1.29, 1.82) is 0 Å². The summed E-state index contributed by atoms with van der Waals surface area (Å²) in [6, 6.07) is 0. The molecule has 0 fully saturated rings. The number of phenolic OH excluding ortho intramolecular Hbond substituents is 2. The van der Waals surface area contributed by atoms with Crippen molar-refractivity contribution in [2.75, 3.05) is 0 Å². The molecule has 2 rings (SSSR count). The molecule has 0 aliphatic rings. The van der Waals surface area contributed by atoms with Crippen LogP contribution < -0.4 is 0 Å². The van der Waals surface area contributed by atoms with Crippen LogP contribution in [0, 0.1) is 34.9 Å². The maximum atomic E-state index is 13.2. The molecule has 4 N–H and O–H groups in total. The minimum absolute atomic E-state index is 0. The number of hydrogen-bond donors (Lipinski definition) is 2. The first kappa shape index (κ1) is 14.9. The van der Waals surface area contributed by atoms with Crippen LogP contribution in [0.3, 0.4) is 0 Å². The summed E-state index contributed by atoms with van der Waals surface area (Å²) in [5, 5.41) is 14.9. The number of halogens is 6. The second-order valence-corrected chi connectivity index (χ2v) is 3.33.